The summed E-state index contributed by atoms with van der Waals surface area (Å²) in [6, 6.07) is 0. The molecule has 0 amide bonds. The van der Waals surface area contributed by atoms with Crippen LogP contribution in [0, 0.1) is 5.92 Å². The van der Waals surface area contributed by atoms with E-state index in [0.717, 1.165) is 22.3 Å². The van der Waals surface area contributed by atoms with Crippen molar-refractivity contribution >= 4 is 15.9 Å². The molecule has 0 radical (unpaired) electrons. The molecular weight excluding hydrogens is 347 g/mol. The van der Waals surface area contributed by atoms with Crippen LogP contribution in [-0.2, 0) is 19.9 Å². The number of alkyl halides is 3. The average molecular weight is 368 g/mol. The average Bonchev–Trinajstić information content (AvgIpc) is 2.65. The van der Waals surface area contributed by atoms with E-state index in [1.807, 2.05) is 14.0 Å². The highest BCUT2D eigenvalue weighted by atomic mass is 79.9. The molecule has 1 aliphatic carbocycles. The molecule has 2 N–H and O–H groups in total. The van der Waals surface area contributed by atoms with E-state index >= 15 is 0 Å². The molecule has 0 unspecified atom stereocenters. The van der Waals surface area contributed by atoms with Gasteiger partial charge in [-0.05, 0) is 48.0 Å². The molecule has 1 fully saturated rings. The summed E-state index contributed by atoms with van der Waals surface area (Å²) in [5.41, 5.74) is 7.72. The van der Waals surface area contributed by atoms with Gasteiger partial charge in [-0.3, -0.25) is 4.68 Å². The minimum atomic E-state index is -4.09. The molecule has 1 aromatic rings. The molecule has 0 spiro atoms. The highest BCUT2D eigenvalue weighted by molar-refractivity contribution is 9.10. The summed E-state index contributed by atoms with van der Waals surface area (Å²) in [5, 5.41) is 4.41. The highest BCUT2D eigenvalue weighted by Crippen LogP contribution is 2.41. The normalized spacial score (nSPS) is 27.1. The van der Waals surface area contributed by atoms with Gasteiger partial charge >= 0.3 is 6.18 Å². The summed E-state index contributed by atoms with van der Waals surface area (Å²) in [7, 11) is 1.85. The van der Waals surface area contributed by atoms with Crippen molar-refractivity contribution in [3.63, 3.8) is 0 Å². The maximum Gasteiger partial charge on any atom is 0.391 e. The van der Waals surface area contributed by atoms with E-state index in [0.29, 0.717) is 19.3 Å². The molecule has 2 rings (SSSR count). The van der Waals surface area contributed by atoms with Gasteiger partial charge in [-0.1, -0.05) is 6.92 Å². The van der Waals surface area contributed by atoms with Crippen molar-refractivity contribution in [1.29, 1.82) is 0 Å². The first-order valence-electron chi connectivity index (χ1n) is 7.22. The van der Waals surface area contributed by atoms with Crippen molar-refractivity contribution in [2.45, 2.75) is 57.2 Å². The summed E-state index contributed by atoms with van der Waals surface area (Å²) in [4.78, 5) is 0. The molecule has 3 nitrogen and oxygen atoms in total. The zero-order valence-electron chi connectivity index (χ0n) is 12.3. The Balaban J connectivity index is 2.09. The molecular formula is C14H21BrF3N3. The molecule has 1 aromatic heterocycles. The molecule has 0 bridgehead atoms. The zero-order chi connectivity index (χ0) is 15.8. The van der Waals surface area contributed by atoms with Crippen LogP contribution in [0.15, 0.2) is 4.47 Å². The third-order valence-corrected chi connectivity index (χ3v) is 5.38. The van der Waals surface area contributed by atoms with Crippen LogP contribution in [0.5, 0.6) is 0 Å². The minimum absolute atomic E-state index is 0.121. The standard InChI is InChI=1S/C14H21BrF3N3/c1-3-10-12(15)11(21(2)20-10)8-13(19)6-4-9(5-7-13)14(16,17)18/h9H,3-8,19H2,1-2H3. The molecule has 0 aromatic carbocycles. The summed E-state index contributed by atoms with van der Waals surface area (Å²) in [6.07, 6.45) is -1.69. The lowest BCUT2D eigenvalue weighted by Crippen LogP contribution is -2.47. The maximum atomic E-state index is 12.7. The van der Waals surface area contributed by atoms with Gasteiger partial charge in [0.25, 0.3) is 0 Å². The Kier molecular flexibility index (Phi) is 4.73. The Morgan fingerprint density at radius 1 is 1.38 bits per heavy atom. The Hall–Kier alpha value is -0.560. The number of halogens is 4. The van der Waals surface area contributed by atoms with Crippen LogP contribution in [0.1, 0.15) is 44.0 Å². The van der Waals surface area contributed by atoms with Crippen molar-refractivity contribution in [2.75, 3.05) is 0 Å². The highest BCUT2D eigenvalue weighted by Gasteiger charge is 2.44. The zero-order valence-corrected chi connectivity index (χ0v) is 13.9. The predicted molar refractivity (Wildman–Crippen MR) is 78.9 cm³/mol. The molecule has 21 heavy (non-hydrogen) atoms. The summed E-state index contributed by atoms with van der Waals surface area (Å²) < 4.78 is 40.9. The third-order valence-electron chi connectivity index (χ3n) is 4.47. The monoisotopic (exact) mass is 367 g/mol. The van der Waals surface area contributed by atoms with Crippen LogP contribution in [0.2, 0.25) is 0 Å². The summed E-state index contributed by atoms with van der Waals surface area (Å²) >= 11 is 3.54. The quantitative estimate of drug-likeness (QED) is 0.884. The van der Waals surface area contributed by atoms with Crippen molar-refractivity contribution in [3.05, 3.63) is 15.9 Å². The largest absolute Gasteiger partial charge is 0.391 e. The lowest BCUT2D eigenvalue weighted by molar-refractivity contribution is -0.184. The topological polar surface area (TPSA) is 43.8 Å². The fourth-order valence-corrected chi connectivity index (χ4v) is 3.80. The van der Waals surface area contributed by atoms with Gasteiger partial charge in [0.2, 0.25) is 0 Å². The van der Waals surface area contributed by atoms with Gasteiger partial charge in [-0.2, -0.15) is 18.3 Å². The predicted octanol–water partition coefficient (Wildman–Crippen LogP) is 3.74. The number of hydrogen-bond acceptors (Lipinski definition) is 2. The summed E-state index contributed by atoms with van der Waals surface area (Å²) in [5.74, 6) is -1.20. The SMILES string of the molecule is CCc1nn(C)c(CC2(N)CCC(C(F)(F)F)CC2)c1Br. The first-order chi connectivity index (χ1) is 9.66. The number of nitrogens with two attached hydrogens (primary N) is 1. The van der Waals surface area contributed by atoms with Crippen molar-refractivity contribution in [2.24, 2.45) is 18.7 Å². The van der Waals surface area contributed by atoms with E-state index in [1.165, 1.54) is 0 Å². The first-order valence-corrected chi connectivity index (χ1v) is 8.01. The fraction of sp³-hybridized carbons (Fsp3) is 0.786. The maximum absolute atomic E-state index is 12.7. The Morgan fingerprint density at radius 3 is 2.38 bits per heavy atom. The van der Waals surface area contributed by atoms with Gasteiger partial charge in [-0.25, -0.2) is 0 Å². The first kappa shape index (κ1) is 16.8. The molecule has 0 saturated heterocycles. The van der Waals surface area contributed by atoms with Crippen LogP contribution < -0.4 is 5.73 Å². The van der Waals surface area contributed by atoms with Gasteiger partial charge in [0.05, 0.1) is 21.8 Å². The number of aromatic nitrogens is 2. The van der Waals surface area contributed by atoms with Gasteiger partial charge in [0.15, 0.2) is 0 Å². The fourth-order valence-electron chi connectivity index (χ4n) is 3.04. The van der Waals surface area contributed by atoms with Crippen molar-refractivity contribution in [3.8, 4) is 0 Å². The lowest BCUT2D eigenvalue weighted by atomic mass is 9.74. The Morgan fingerprint density at radius 2 is 1.95 bits per heavy atom. The van der Waals surface area contributed by atoms with Crippen molar-refractivity contribution < 1.29 is 13.2 Å². The van der Waals surface area contributed by atoms with E-state index in [9.17, 15) is 13.2 Å². The van der Waals surface area contributed by atoms with Crippen LogP contribution in [0.3, 0.4) is 0 Å². The van der Waals surface area contributed by atoms with Gasteiger partial charge in [0.1, 0.15) is 0 Å². The van der Waals surface area contributed by atoms with Gasteiger partial charge in [0, 0.05) is 19.0 Å². The van der Waals surface area contributed by atoms with E-state index in [4.69, 9.17) is 5.73 Å². The molecule has 1 saturated carbocycles. The Labute approximate surface area is 131 Å². The number of nitrogens with zero attached hydrogens (tertiary/aromatic N) is 2. The van der Waals surface area contributed by atoms with Crippen molar-refractivity contribution in [1.82, 2.24) is 9.78 Å². The second kappa shape index (κ2) is 5.91. The van der Waals surface area contributed by atoms with E-state index in [2.05, 4.69) is 21.0 Å². The van der Waals surface area contributed by atoms with Gasteiger partial charge in [-0.15, -0.1) is 0 Å². The second-order valence-electron chi connectivity index (χ2n) is 6.04. The Bertz CT molecular complexity index is 502. The second-order valence-corrected chi connectivity index (χ2v) is 6.83. The smallest absolute Gasteiger partial charge is 0.325 e. The molecule has 0 atom stereocenters. The van der Waals surface area contributed by atoms with Crippen LogP contribution in [-0.4, -0.2) is 21.5 Å². The van der Waals surface area contributed by atoms with E-state index in [1.54, 1.807) is 4.68 Å². The minimum Gasteiger partial charge on any atom is -0.325 e. The van der Waals surface area contributed by atoms with Gasteiger partial charge < -0.3 is 5.73 Å². The van der Waals surface area contributed by atoms with Crippen LogP contribution in [0.4, 0.5) is 13.2 Å². The molecule has 0 aliphatic heterocycles. The van der Waals surface area contributed by atoms with E-state index < -0.39 is 17.6 Å². The van der Waals surface area contributed by atoms with Crippen LogP contribution in [0.25, 0.3) is 0 Å². The third kappa shape index (κ3) is 3.62. The molecule has 120 valence electrons. The summed E-state index contributed by atoms with van der Waals surface area (Å²) in [6.45, 7) is 2.02. The van der Waals surface area contributed by atoms with Crippen LogP contribution >= 0.6 is 15.9 Å². The molecule has 1 aliphatic rings. The number of hydrogen-bond donors (Lipinski definition) is 1. The molecule has 1 heterocycles. The van der Waals surface area contributed by atoms with E-state index in [-0.39, 0.29) is 12.8 Å². The molecule has 7 heteroatoms. The lowest BCUT2D eigenvalue weighted by Gasteiger charge is -2.37. The number of aryl methyl sites for hydroxylation is 2. The number of rotatable bonds is 3.